The summed E-state index contributed by atoms with van der Waals surface area (Å²) in [4.78, 5) is 13.6. The van der Waals surface area contributed by atoms with Crippen molar-refractivity contribution in [3.05, 3.63) is 0 Å². The molecule has 1 rings (SSSR count). The minimum atomic E-state index is -0.416. The van der Waals surface area contributed by atoms with Gasteiger partial charge in [-0.2, -0.15) is 0 Å². The zero-order valence-corrected chi connectivity index (χ0v) is 11.5. The van der Waals surface area contributed by atoms with E-state index in [1.54, 1.807) is 4.90 Å². The molecule has 0 aromatic rings. The van der Waals surface area contributed by atoms with Crippen LogP contribution in [0.5, 0.6) is 0 Å². The number of nitrogens with two attached hydrogens (primary N) is 1. The van der Waals surface area contributed by atoms with Gasteiger partial charge in [0.1, 0.15) is 5.60 Å². The standard InChI is InChI=1S/C13H26N2O2/c1-13(2,3)17-12(16)15(4)11-6-5-10(9-11)7-8-14/h10-11H,5-9,14H2,1-4H3. The summed E-state index contributed by atoms with van der Waals surface area (Å²) in [6, 6.07) is 0.321. The Balaban J connectivity index is 2.43. The van der Waals surface area contributed by atoms with Crippen molar-refractivity contribution in [3.63, 3.8) is 0 Å². The van der Waals surface area contributed by atoms with E-state index in [4.69, 9.17) is 10.5 Å². The molecule has 0 heterocycles. The SMILES string of the molecule is CN(C(=O)OC(C)(C)C)C1CCC(CCN)C1. The first-order valence-electron chi connectivity index (χ1n) is 6.49. The monoisotopic (exact) mass is 242 g/mol. The second kappa shape index (κ2) is 5.71. The van der Waals surface area contributed by atoms with Crippen molar-refractivity contribution in [2.24, 2.45) is 11.7 Å². The Bertz CT molecular complexity index is 261. The summed E-state index contributed by atoms with van der Waals surface area (Å²) in [6.07, 6.45) is 4.16. The maximum Gasteiger partial charge on any atom is 0.410 e. The van der Waals surface area contributed by atoms with Crippen LogP contribution >= 0.6 is 0 Å². The molecule has 1 saturated carbocycles. The van der Waals surface area contributed by atoms with Crippen molar-refractivity contribution >= 4 is 6.09 Å². The van der Waals surface area contributed by atoms with Crippen LogP contribution in [-0.2, 0) is 4.74 Å². The van der Waals surface area contributed by atoms with Gasteiger partial charge in [0.2, 0.25) is 0 Å². The molecule has 0 radical (unpaired) electrons. The van der Waals surface area contributed by atoms with E-state index >= 15 is 0 Å². The topological polar surface area (TPSA) is 55.6 Å². The number of hydrogen-bond donors (Lipinski definition) is 1. The van der Waals surface area contributed by atoms with E-state index in [1.807, 2.05) is 27.8 Å². The van der Waals surface area contributed by atoms with Crippen molar-refractivity contribution in [1.82, 2.24) is 4.90 Å². The van der Waals surface area contributed by atoms with Crippen LogP contribution in [0.3, 0.4) is 0 Å². The molecule has 0 aromatic heterocycles. The Hall–Kier alpha value is -0.770. The van der Waals surface area contributed by atoms with Crippen LogP contribution in [0.1, 0.15) is 46.5 Å². The molecule has 1 fully saturated rings. The highest BCUT2D eigenvalue weighted by molar-refractivity contribution is 5.68. The molecule has 2 N–H and O–H groups in total. The highest BCUT2D eigenvalue weighted by Gasteiger charge is 2.31. The molecule has 4 heteroatoms. The molecule has 1 amide bonds. The van der Waals surface area contributed by atoms with Gasteiger partial charge in [0, 0.05) is 13.1 Å². The number of carbonyl (C=O) groups excluding carboxylic acids is 1. The Kier molecular flexibility index (Phi) is 4.80. The maximum absolute atomic E-state index is 11.9. The quantitative estimate of drug-likeness (QED) is 0.826. The number of rotatable bonds is 3. The summed E-state index contributed by atoms with van der Waals surface area (Å²) in [5.41, 5.74) is 5.15. The van der Waals surface area contributed by atoms with Crippen molar-refractivity contribution in [2.75, 3.05) is 13.6 Å². The first-order chi connectivity index (χ1) is 7.83. The van der Waals surface area contributed by atoms with Gasteiger partial charge in [0.25, 0.3) is 0 Å². The number of nitrogens with zero attached hydrogens (tertiary/aromatic N) is 1. The Labute approximate surface area is 104 Å². The van der Waals surface area contributed by atoms with Gasteiger partial charge < -0.3 is 15.4 Å². The third kappa shape index (κ3) is 4.54. The lowest BCUT2D eigenvalue weighted by Crippen LogP contribution is -2.39. The Morgan fingerprint density at radius 3 is 2.59 bits per heavy atom. The molecule has 0 aromatic carbocycles. The Morgan fingerprint density at radius 2 is 2.06 bits per heavy atom. The summed E-state index contributed by atoms with van der Waals surface area (Å²) in [5, 5.41) is 0. The molecule has 0 aliphatic heterocycles. The van der Waals surface area contributed by atoms with Crippen LogP contribution < -0.4 is 5.73 Å². The molecular formula is C13H26N2O2. The summed E-state index contributed by atoms with van der Waals surface area (Å²) in [5.74, 6) is 0.676. The fourth-order valence-electron chi connectivity index (χ4n) is 2.38. The smallest absolute Gasteiger partial charge is 0.410 e. The van der Waals surface area contributed by atoms with Crippen LogP contribution in [0.4, 0.5) is 4.79 Å². The van der Waals surface area contributed by atoms with Crippen molar-refractivity contribution in [1.29, 1.82) is 0 Å². The van der Waals surface area contributed by atoms with Crippen LogP contribution in [-0.4, -0.2) is 36.2 Å². The van der Waals surface area contributed by atoms with Crippen LogP contribution in [0.25, 0.3) is 0 Å². The van der Waals surface area contributed by atoms with E-state index in [0.717, 1.165) is 25.8 Å². The lowest BCUT2D eigenvalue weighted by Gasteiger charge is -2.28. The van der Waals surface area contributed by atoms with Gasteiger partial charge >= 0.3 is 6.09 Å². The highest BCUT2D eigenvalue weighted by atomic mass is 16.6. The second-order valence-corrected chi connectivity index (χ2v) is 6.00. The fourth-order valence-corrected chi connectivity index (χ4v) is 2.38. The third-order valence-corrected chi connectivity index (χ3v) is 3.32. The molecule has 0 saturated heterocycles. The number of hydrogen-bond acceptors (Lipinski definition) is 3. The summed E-state index contributed by atoms with van der Waals surface area (Å²) in [7, 11) is 1.84. The van der Waals surface area contributed by atoms with Gasteiger partial charge in [0.05, 0.1) is 0 Å². The zero-order chi connectivity index (χ0) is 13.1. The lowest BCUT2D eigenvalue weighted by molar-refractivity contribution is 0.0223. The maximum atomic E-state index is 11.9. The van der Waals surface area contributed by atoms with Crippen LogP contribution in [0, 0.1) is 5.92 Å². The van der Waals surface area contributed by atoms with E-state index in [-0.39, 0.29) is 6.09 Å². The molecule has 1 aliphatic rings. The number of carbonyl (C=O) groups is 1. The number of amides is 1. The Morgan fingerprint density at radius 1 is 1.41 bits per heavy atom. The number of ether oxygens (including phenoxy) is 1. The first-order valence-corrected chi connectivity index (χ1v) is 6.49. The first kappa shape index (κ1) is 14.3. The lowest BCUT2D eigenvalue weighted by atomic mass is 10.0. The van der Waals surface area contributed by atoms with Gasteiger partial charge in [-0.15, -0.1) is 0 Å². The van der Waals surface area contributed by atoms with Gasteiger partial charge in [-0.05, 0) is 58.9 Å². The van der Waals surface area contributed by atoms with Gasteiger partial charge in [-0.3, -0.25) is 0 Å². The van der Waals surface area contributed by atoms with E-state index in [9.17, 15) is 4.79 Å². The average molecular weight is 242 g/mol. The van der Waals surface area contributed by atoms with Crippen LogP contribution in [0.2, 0.25) is 0 Å². The fraction of sp³-hybridized carbons (Fsp3) is 0.923. The minimum Gasteiger partial charge on any atom is -0.444 e. The average Bonchev–Trinajstić information content (AvgIpc) is 2.63. The zero-order valence-electron chi connectivity index (χ0n) is 11.5. The molecule has 0 spiro atoms. The summed E-state index contributed by atoms with van der Waals surface area (Å²) < 4.78 is 5.37. The van der Waals surface area contributed by atoms with E-state index in [1.165, 1.54) is 6.42 Å². The van der Waals surface area contributed by atoms with Crippen molar-refractivity contribution in [2.45, 2.75) is 58.1 Å². The van der Waals surface area contributed by atoms with Gasteiger partial charge in [0.15, 0.2) is 0 Å². The third-order valence-electron chi connectivity index (χ3n) is 3.32. The highest BCUT2D eigenvalue weighted by Crippen LogP contribution is 2.31. The predicted octanol–water partition coefficient (Wildman–Crippen LogP) is 2.37. The van der Waals surface area contributed by atoms with Crippen LogP contribution in [0.15, 0.2) is 0 Å². The molecule has 2 atom stereocenters. The minimum absolute atomic E-state index is 0.212. The summed E-state index contributed by atoms with van der Waals surface area (Å²) in [6.45, 7) is 6.42. The molecule has 4 nitrogen and oxygen atoms in total. The van der Waals surface area contributed by atoms with E-state index < -0.39 is 5.60 Å². The van der Waals surface area contributed by atoms with Crippen molar-refractivity contribution in [3.8, 4) is 0 Å². The van der Waals surface area contributed by atoms with E-state index in [2.05, 4.69) is 0 Å². The second-order valence-electron chi connectivity index (χ2n) is 6.00. The van der Waals surface area contributed by atoms with Crippen molar-refractivity contribution < 1.29 is 9.53 Å². The predicted molar refractivity (Wildman–Crippen MR) is 68.8 cm³/mol. The summed E-state index contributed by atoms with van der Waals surface area (Å²) >= 11 is 0. The molecular weight excluding hydrogens is 216 g/mol. The molecule has 100 valence electrons. The largest absolute Gasteiger partial charge is 0.444 e. The molecule has 1 aliphatic carbocycles. The van der Waals surface area contributed by atoms with Gasteiger partial charge in [-0.25, -0.2) is 4.79 Å². The van der Waals surface area contributed by atoms with Gasteiger partial charge in [-0.1, -0.05) is 0 Å². The molecule has 0 bridgehead atoms. The van der Waals surface area contributed by atoms with E-state index in [0.29, 0.717) is 12.0 Å². The normalized spacial score (nSPS) is 24.8. The molecule has 17 heavy (non-hydrogen) atoms. The molecule has 2 unspecified atom stereocenters.